The Bertz CT molecular complexity index is 1200. The largest absolute Gasteiger partial charge is 0.631 e. The van der Waals surface area contributed by atoms with E-state index >= 15 is 0 Å². The van der Waals surface area contributed by atoms with Crippen LogP contribution in [-0.2, 0) is 9.47 Å². The third kappa shape index (κ3) is 5.17. The third-order valence-electron chi connectivity index (χ3n) is 5.24. The molecule has 0 amide bonds. The van der Waals surface area contributed by atoms with Crippen LogP contribution >= 0.6 is 27.7 Å². The van der Waals surface area contributed by atoms with Crippen molar-refractivity contribution >= 4 is 27.7 Å². The van der Waals surface area contributed by atoms with Crippen molar-refractivity contribution in [1.82, 2.24) is 15.0 Å². The number of aliphatic hydroxyl groups is 2. The van der Waals surface area contributed by atoms with E-state index in [0.717, 1.165) is 30.2 Å². The van der Waals surface area contributed by atoms with Crippen molar-refractivity contribution < 1.29 is 38.3 Å². The first-order chi connectivity index (χ1) is 16.7. The van der Waals surface area contributed by atoms with Crippen molar-refractivity contribution in [3.63, 3.8) is 0 Å². The molecular formula is C21H18BrF3N4O5S. The average Bonchev–Trinajstić information content (AvgIpc) is 3.45. The van der Waals surface area contributed by atoms with Gasteiger partial charge in [0, 0.05) is 10.0 Å². The topological polar surface area (TPSA) is 129 Å². The lowest BCUT2D eigenvalue weighted by molar-refractivity contribution is -0.515. The van der Waals surface area contributed by atoms with E-state index in [1.165, 1.54) is 23.2 Å². The summed E-state index contributed by atoms with van der Waals surface area (Å²) in [6, 6.07) is 0.579. The maximum Gasteiger partial charge on any atom is 0.194 e. The zero-order chi connectivity index (χ0) is 25.3. The molecule has 1 fully saturated rings. The number of thioether (sulfide) groups is 1. The summed E-state index contributed by atoms with van der Waals surface area (Å²) in [6.45, 7) is 3.62. The van der Waals surface area contributed by atoms with Crippen LogP contribution in [0, 0.1) is 22.7 Å². The Morgan fingerprint density at radius 2 is 2.03 bits per heavy atom. The number of hydroxylamine groups is 1. The summed E-state index contributed by atoms with van der Waals surface area (Å²) >= 11 is 4.28. The Labute approximate surface area is 209 Å². The number of nitrogens with two attached hydrogens (primary N) is 1. The van der Waals surface area contributed by atoms with Crippen molar-refractivity contribution in [2.75, 3.05) is 0 Å². The Morgan fingerprint density at radius 1 is 1.31 bits per heavy atom. The number of quaternary nitrogens is 1. The number of benzene rings is 1. The number of fused-ring (bicyclic) bond motifs is 1. The second-order valence-electron chi connectivity index (χ2n) is 7.44. The first kappa shape index (κ1) is 25.5. The maximum atomic E-state index is 13.7. The molecule has 1 aromatic carbocycles. The number of nitrogens with zero attached hydrogens (tertiary/aromatic N) is 3. The summed E-state index contributed by atoms with van der Waals surface area (Å²) < 4.78 is 53.9. The van der Waals surface area contributed by atoms with Gasteiger partial charge in [0.15, 0.2) is 35.4 Å². The minimum absolute atomic E-state index is 0.0109. The summed E-state index contributed by atoms with van der Waals surface area (Å²) in [7, 11) is 0. The van der Waals surface area contributed by atoms with Gasteiger partial charge in [0.25, 0.3) is 0 Å². The Balaban J connectivity index is 1.66. The van der Waals surface area contributed by atoms with Gasteiger partial charge in [-0.3, -0.25) is 0 Å². The van der Waals surface area contributed by atoms with E-state index in [2.05, 4.69) is 32.8 Å². The first-order valence-corrected chi connectivity index (χ1v) is 11.7. The fourth-order valence-electron chi connectivity index (χ4n) is 3.62. The quantitative estimate of drug-likeness (QED) is 0.261. The second kappa shape index (κ2) is 10.6. The molecule has 4 rings (SSSR count). The Hall–Kier alpha value is -2.62. The Morgan fingerprint density at radius 3 is 2.69 bits per heavy atom. The van der Waals surface area contributed by atoms with Gasteiger partial charge < -0.3 is 30.4 Å². The molecule has 0 spiro atoms. The summed E-state index contributed by atoms with van der Waals surface area (Å²) in [5, 5.41) is 40.4. The van der Waals surface area contributed by atoms with Crippen LogP contribution in [-0.4, -0.2) is 49.0 Å². The van der Waals surface area contributed by atoms with Crippen molar-refractivity contribution in [3.05, 3.63) is 87.3 Å². The van der Waals surface area contributed by atoms with Gasteiger partial charge in [-0.25, -0.2) is 17.9 Å². The predicted octanol–water partition coefficient (Wildman–Crippen LogP) is 2.89. The fraction of sp³-hybridized carbons (Fsp3) is 0.238. The van der Waals surface area contributed by atoms with Crippen LogP contribution in [0.4, 0.5) is 13.2 Å². The molecule has 2 aliphatic heterocycles. The van der Waals surface area contributed by atoms with Crippen LogP contribution in [0.5, 0.6) is 0 Å². The summed E-state index contributed by atoms with van der Waals surface area (Å²) in [6.07, 6.45) is 3.57. The molecule has 3 unspecified atom stereocenters. The van der Waals surface area contributed by atoms with E-state index in [0.29, 0.717) is 14.9 Å². The smallest absolute Gasteiger partial charge is 0.194 e. The maximum absolute atomic E-state index is 13.7. The van der Waals surface area contributed by atoms with Gasteiger partial charge in [-0.15, -0.1) is 5.10 Å². The molecule has 3 heterocycles. The molecule has 1 saturated heterocycles. The van der Waals surface area contributed by atoms with Gasteiger partial charge in [-0.05, 0) is 18.2 Å². The van der Waals surface area contributed by atoms with Crippen molar-refractivity contribution in [2.24, 2.45) is 0 Å². The van der Waals surface area contributed by atoms with Crippen LogP contribution < -0.4 is 5.48 Å². The number of halogens is 4. The van der Waals surface area contributed by atoms with Crippen molar-refractivity contribution in [1.29, 1.82) is 0 Å². The lowest BCUT2D eigenvalue weighted by atomic mass is 9.97. The van der Waals surface area contributed by atoms with Crippen molar-refractivity contribution in [2.45, 2.75) is 29.8 Å². The summed E-state index contributed by atoms with van der Waals surface area (Å²) in [4.78, 5) is 0.423. The van der Waals surface area contributed by atoms with Gasteiger partial charge >= 0.3 is 0 Å². The predicted molar refractivity (Wildman–Crippen MR) is 123 cm³/mol. The zero-order valence-corrected chi connectivity index (χ0v) is 20.0. The zero-order valence-electron chi connectivity index (χ0n) is 17.6. The molecular weight excluding hydrogens is 557 g/mol. The summed E-state index contributed by atoms with van der Waals surface area (Å²) in [5.74, 6) is -4.61. The van der Waals surface area contributed by atoms with E-state index in [1.807, 2.05) is 0 Å². The Kier molecular flexibility index (Phi) is 7.68. The number of aliphatic hydroxyl groups excluding tert-OH is 2. The van der Waals surface area contributed by atoms with Crippen LogP contribution in [0.25, 0.3) is 11.3 Å². The lowest BCUT2D eigenvalue weighted by Crippen LogP contribution is -2.70. The molecule has 2 aliphatic rings. The number of aromatic nitrogens is 3. The van der Waals surface area contributed by atoms with Crippen LogP contribution in [0.15, 0.2) is 64.7 Å². The fourth-order valence-corrected chi connectivity index (χ4v) is 5.09. The van der Waals surface area contributed by atoms with Gasteiger partial charge in [0.1, 0.15) is 35.7 Å². The van der Waals surface area contributed by atoms with Crippen molar-refractivity contribution in [3.8, 4) is 11.3 Å². The van der Waals surface area contributed by atoms with Crippen LogP contribution in [0.2, 0.25) is 0 Å². The molecule has 2 aromatic rings. The monoisotopic (exact) mass is 574 g/mol. The molecule has 0 aliphatic carbocycles. The van der Waals surface area contributed by atoms with Gasteiger partial charge in [0.05, 0.1) is 11.1 Å². The van der Waals surface area contributed by atoms with Crippen LogP contribution in [0.1, 0.15) is 6.04 Å². The summed E-state index contributed by atoms with van der Waals surface area (Å²) in [5.41, 5.74) is -0.491. The minimum Gasteiger partial charge on any atom is -0.631 e. The number of hydrogen-bond donors (Lipinski definition) is 3. The number of rotatable bonds is 7. The molecule has 5 atom stereocenters. The molecule has 4 N–H and O–H groups in total. The first-order valence-electron chi connectivity index (χ1n) is 10.00. The van der Waals surface area contributed by atoms with Gasteiger partial charge in [0.2, 0.25) is 0 Å². The highest BCUT2D eigenvalue weighted by atomic mass is 79.9. The minimum atomic E-state index is -1.61. The van der Waals surface area contributed by atoms with E-state index in [9.17, 15) is 28.6 Å². The molecule has 9 nitrogen and oxygen atoms in total. The SMILES string of the molecule is C=C/C(Br)=C\C(=C/[NH2+][O-])S[C@H]1OC2C(O)=CO[C@@H]2C(n2cc(-c3cc(F)c(F)c(F)c3)nn2)C1O. The highest BCUT2D eigenvalue weighted by Gasteiger charge is 2.52. The van der Waals surface area contributed by atoms with E-state index in [4.69, 9.17) is 9.47 Å². The van der Waals surface area contributed by atoms with Crippen LogP contribution in [0.3, 0.4) is 0 Å². The van der Waals surface area contributed by atoms with E-state index < -0.39 is 47.2 Å². The highest BCUT2D eigenvalue weighted by molar-refractivity contribution is 9.11. The number of ether oxygens (including phenoxy) is 2. The molecule has 0 saturated carbocycles. The lowest BCUT2D eigenvalue weighted by Gasteiger charge is -2.40. The molecule has 35 heavy (non-hydrogen) atoms. The number of hydrogen-bond acceptors (Lipinski definition) is 8. The highest BCUT2D eigenvalue weighted by Crippen LogP contribution is 2.43. The standard InChI is InChI=1S/C21H18BrF3N4O5S/c1-2-10(22)5-11(6-26-32)35-21-18(31)17(20-19(34-21)15(30)8-33-20)29-7-14(27-28-29)9-3-12(23)16(25)13(24)4-9/h2-8,17-21,30-31H,1,26H2/b10-5+,11-6+/t17?,18?,19?,20-,21-/m1/s1. The molecule has 0 radical (unpaired) electrons. The third-order valence-corrected chi connectivity index (χ3v) is 6.94. The molecule has 0 bridgehead atoms. The second-order valence-corrected chi connectivity index (χ2v) is 9.53. The molecule has 1 aromatic heterocycles. The average molecular weight is 575 g/mol. The van der Waals surface area contributed by atoms with E-state index in [1.54, 1.807) is 6.08 Å². The number of allylic oxidation sites excluding steroid dienone is 3. The van der Waals surface area contributed by atoms with E-state index in [-0.39, 0.29) is 17.0 Å². The van der Waals surface area contributed by atoms with Gasteiger partial charge in [-0.2, -0.15) is 0 Å². The molecule has 14 heteroatoms. The molecule has 186 valence electrons. The van der Waals surface area contributed by atoms with Gasteiger partial charge in [-0.1, -0.05) is 45.6 Å². The normalized spacial score (nSPS) is 26.8.